The monoisotopic (exact) mass is 294 g/mol. The zero-order chi connectivity index (χ0) is 14.8. The molecule has 3 heterocycles. The lowest BCUT2D eigenvalue weighted by Gasteiger charge is -2.25. The molecule has 1 aromatic heterocycles. The van der Waals surface area contributed by atoms with Crippen LogP contribution in [0.25, 0.3) is 0 Å². The molecule has 2 saturated heterocycles. The number of hydrogen-bond donors (Lipinski definition) is 2. The van der Waals surface area contributed by atoms with Gasteiger partial charge in [0.1, 0.15) is 0 Å². The van der Waals surface area contributed by atoms with Crippen LogP contribution in [0.2, 0.25) is 0 Å². The average Bonchev–Trinajstić information content (AvgIpc) is 3.10. The summed E-state index contributed by atoms with van der Waals surface area (Å²) in [6, 6.07) is 2.61. The molecule has 0 spiro atoms. The van der Waals surface area contributed by atoms with Crippen LogP contribution in [0.4, 0.5) is 14.9 Å². The number of nitrogens with zero attached hydrogens (tertiary/aromatic N) is 3. The molecule has 0 bridgehead atoms. The first kappa shape index (κ1) is 14.2. The lowest BCUT2D eigenvalue weighted by molar-refractivity contribution is 0.0980. The molecule has 2 aliphatic rings. The van der Waals surface area contributed by atoms with Gasteiger partial charge in [0, 0.05) is 12.7 Å². The van der Waals surface area contributed by atoms with Gasteiger partial charge in [0.25, 0.3) is 0 Å². The van der Waals surface area contributed by atoms with E-state index in [-0.39, 0.29) is 18.3 Å². The summed E-state index contributed by atoms with van der Waals surface area (Å²) in [5.74, 6) is -0.707. The van der Waals surface area contributed by atoms with Crippen molar-refractivity contribution in [2.45, 2.75) is 25.0 Å². The van der Waals surface area contributed by atoms with Crippen LogP contribution in [0.3, 0.4) is 0 Å². The Morgan fingerprint density at radius 2 is 2.14 bits per heavy atom. The molecule has 0 aromatic carbocycles. The Morgan fingerprint density at radius 3 is 2.86 bits per heavy atom. The second-order valence-corrected chi connectivity index (χ2v) is 5.55. The highest BCUT2D eigenvalue weighted by atomic mass is 19.1. The number of aliphatic hydroxyl groups excluding tert-OH is 1. The predicted octanol–water partition coefficient (Wildman–Crippen LogP) is 0.893. The third kappa shape index (κ3) is 2.98. The van der Waals surface area contributed by atoms with Crippen molar-refractivity contribution in [3.05, 3.63) is 24.3 Å². The molecule has 0 aliphatic carbocycles. The van der Waals surface area contributed by atoms with Gasteiger partial charge >= 0.3 is 6.03 Å². The van der Waals surface area contributed by atoms with Crippen LogP contribution in [0, 0.1) is 5.95 Å². The fourth-order valence-electron chi connectivity index (χ4n) is 3.04. The lowest BCUT2D eigenvalue weighted by atomic mass is 10.2. The summed E-state index contributed by atoms with van der Waals surface area (Å²) in [4.78, 5) is 19.4. The van der Waals surface area contributed by atoms with Gasteiger partial charge in [-0.05, 0) is 38.1 Å². The number of β-amino-alcohol motifs (C(OH)–C–C–N with tert-alkyl or cyclic N) is 1. The summed E-state index contributed by atoms with van der Waals surface area (Å²) < 4.78 is 13.4. The average molecular weight is 294 g/mol. The number of aromatic nitrogens is 1. The molecule has 1 aromatic rings. The maximum atomic E-state index is 13.4. The first-order valence-electron chi connectivity index (χ1n) is 7.23. The van der Waals surface area contributed by atoms with E-state index in [2.05, 4.69) is 15.2 Å². The number of urea groups is 1. The van der Waals surface area contributed by atoms with Crippen molar-refractivity contribution in [3.8, 4) is 0 Å². The summed E-state index contributed by atoms with van der Waals surface area (Å²) in [6.07, 6.45) is 3.05. The Bertz CT molecular complexity index is 521. The third-order valence-electron chi connectivity index (χ3n) is 4.16. The van der Waals surface area contributed by atoms with E-state index in [1.54, 1.807) is 6.07 Å². The second kappa shape index (κ2) is 5.95. The van der Waals surface area contributed by atoms with Crippen LogP contribution >= 0.6 is 0 Å². The standard InChI is InChI=1S/C14H19FN4O2/c15-13-10(4-3-5-16-13)17-14(21)19-8-11(12(20)9-19)18-6-1-2-7-18/h3-5,11-12,20H,1-2,6-9H2,(H,17,21)/t11-,12-/m1/s1. The van der Waals surface area contributed by atoms with Gasteiger partial charge < -0.3 is 15.3 Å². The minimum Gasteiger partial charge on any atom is -0.390 e. The highest BCUT2D eigenvalue weighted by Gasteiger charge is 2.38. The summed E-state index contributed by atoms with van der Waals surface area (Å²) >= 11 is 0. The van der Waals surface area contributed by atoms with E-state index in [9.17, 15) is 14.3 Å². The normalized spacial score (nSPS) is 26.3. The molecule has 0 radical (unpaired) electrons. The number of halogens is 1. The van der Waals surface area contributed by atoms with Crippen molar-refractivity contribution < 1.29 is 14.3 Å². The van der Waals surface area contributed by atoms with E-state index in [1.807, 2.05) is 0 Å². The number of hydrogen-bond acceptors (Lipinski definition) is 4. The first-order chi connectivity index (χ1) is 10.1. The van der Waals surface area contributed by atoms with Crippen LogP contribution in [0.15, 0.2) is 18.3 Å². The smallest absolute Gasteiger partial charge is 0.322 e. The Morgan fingerprint density at radius 1 is 1.38 bits per heavy atom. The molecule has 2 fully saturated rings. The van der Waals surface area contributed by atoms with Crippen molar-refractivity contribution in [2.24, 2.45) is 0 Å². The summed E-state index contributed by atoms with van der Waals surface area (Å²) in [5.41, 5.74) is 0.0570. The fraction of sp³-hybridized carbons (Fsp3) is 0.571. The molecule has 3 rings (SSSR count). The Labute approximate surface area is 122 Å². The SMILES string of the molecule is O=C(Nc1cccnc1F)N1C[C@@H](O)[C@H](N2CCCC2)C1. The Hall–Kier alpha value is -1.73. The largest absolute Gasteiger partial charge is 0.390 e. The molecule has 114 valence electrons. The van der Waals surface area contributed by atoms with E-state index in [0.717, 1.165) is 25.9 Å². The van der Waals surface area contributed by atoms with Crippen molar-refractivity contribution in [3.63, 3.8) is 0 Å². The van der Waals surface area contributed by atoms with Crippen LogP contribution in [0.1, 0.15) is 12.8 Å². The van der Waals surface area contributed by atoms with Crippen LogP contribution in [-0.4, -0.2) is 64.2 Å². The number of pyridine rings is 1. The van der Waals surface area contributed by atoms with E-state index in [4.69, 9.17) is 0 Å². The maximum absolute atomic E-state index is 13.4. The molecule has 2 aliphatic heterocycles. The molecular weight excluding hydrogens is 275 g/mol. The highest BCUT2D eigenvalue weighted by molar-refractivity contribution is 5.89. The zero-order valence-electron chi connectivity index (χ0n) is 11.7. The van der Waals surface area contributed by atoms with Gasteiger partial charge in [-0.3, -0.25) is 4.90 Å². The topological polar surface area (TPSA) is 68.7 Å². The minimum atomic E-state index is -0.707. The highest BCUT2D eigenvalue weighted by Crippen LogP contribution is 2.22. The van der Waals surface area contributed by atoms with Crippen molar-refractivity contribution in [2.75, 3.05) is 31.5 Å². The van der Waals surface area contributed by atoms with Gasteiger partial charge in [0.05, 0.1) is 24.4 Å². The van der Waals surface area contributed by atoms with Gasteiger partial charge in [-0.1, -0.05) is 0 Å². The van der Waals surface area contributed by atoms with Crippen LogP contribution in [0.5, 0.6) is 0 Å². The van der Waals surface area contributed by atoms with Crippen molar-refractivity contribution in [1.82, 2.24) is 14.8 Å². The number of rotatable bonds is 2. The number of nitrogens with one attached hydrogen (secondary N) is 1. The number of amides is 2. The molecule has 0 saturated carbocycles. The number of anilines is 1. The molecule has 2 N–H and O–H groups in total. The molecule has 2 atom stereocenters. The molecule has 6 nitrogen and oxygen atoms in total. The Kier molecular flexibility index (Phi) is 4.03. The van der Waals surface area contributed by atoms with Crippen LogP contribution in [-0.2, 0) is 0 Å². The minimum absolute atomic E-state index is 0.0167. The number of carbonyl (C=O) groups excluding carboxylic acids is 1. The number of aliphatic hydroxyl groups is 1. The van der Waals surface area contributed by atoms with E-state index in [1.165, 1.54) is 17.2 Å². The molecule has 2 amide bonds. The zero-order valence-corrected chi connectivity index (χ0v) is 11.7. The quantitative estimate of drug-likeness (QED) is 0.795. The van der Waals surface area contributed by atoms with Gasteiger partial charge in [-0.15, -0.1) is 0 Å². The van der Waals surface area contributed by atoms with E-state index < -0.39 is 18.1 Å². The van der Waals surface area contributed by atoms with E-state index in [0.29, 0.717) is 6.54 Å². The number of carbonyl (C=O) groups is 1. The van der Waals surface area contributed by atoms with E-state index >= 15 is 0 Å². The van der Waals surface area contributed by atoms with Gasteiger partial charge in [0.2, 0.25) is 5.95 Å². The molecule has 0 unspecified atom stereocenters. The summed E-state index contributed by atoms with van der Waals surface area (Å²) in [7, 11) is 0. The predicted molar refractivity (Wildman–Crippen MR) is 75.4 cm³/mol. The third-order valence-corrected chi connectivity index (χ3v) is 4.16. The Balaban J connectivity index is 1.62. The van der Waals surface area contributed by atoms with Gasteiger partial charge in [0.15, 0.2) is 0 Å². The first-order valence-corrected chi connectivity index (χ1v) is 7.23. The molecule has 21 heavy (non-hydrogen) atoms. The molecule has 7 heteroatoms. The summed E-state index contributed by atoms with van der Waals surface area (Å²) in [6.45, 7) is 2.67. The number of likely N-dealkylation sites (tertiary alicyclic amines) is 2. The second-order valence-electron chi connectivity index (χ2n) is 5.55. The van der Waals surface area contributed by atoms with Gasteiger partial charge in [-0.2, -0.15) is 4.39 Å². The summed E-state index contributed by atoms with van der Waals surface area (Å²) in [5, 5.41) is 12.6. The van der Waals surface area contributed by atoms with Crippen molar-refractivity contribution in [1.29, 1.82) is 0 Å². The van der Waals surface area contributed by atoms with Crippen molar-refractivity contribution >= 4 is 11.7 Å². The molecular formula is C14H19FN4O2. The van der Waals surface area contributed by atoms with Crippen LogP contribution < -0.4 is 5.32 Å². The maximum Gasteiger partial charge on any atom is 0.322 e. The van der Waals surface area contributed by atoms with Gasteiger partial charge in [-0.25, -0.2) is 9.78 Å². The fourth-order valence-corrected chi connectivity index (χ4v) is 3.04. The lowest BCUT2D eigenvalue weighted by Crippen LogP contribution is -2.41.